The van der Waals surface area contributed by atoms with Crippen LogP contribution in [0.4, 0.5) is 16.3 Å². The van der Waals surface area contributed by atoms with E-state index in [1.807, 2.05) is 18.3 Å². The minimum Gasteiger partial charge on any atom is -0.465 e. The largest absolute Gasteiger partial charge is 0.465 e. The van der Waals surface area contributed by atoms with Crippen molar-refractivity contribution < 1.29 is 9.90 Å². The number of anilines is 2. The maximum absolute atomic E-state index is 10.8. The van der Waals surface area contributed by atoms with Gasteiger partial charge in [-0.25, -0.2) is 14.8 Å². The van der Waals surface area contributed by atoms with Crippen molar-refractivity contribution in [3.05, 3.63) is 36.5 Å². The van der Waals surface area contributed by atoms with Crippen molar-refractivity contribution >= 4 is 39.2 Å². The van der Waals surface area contributed by atoms with Gasteiger partial charge in [0.1, 0.15) is 10.8 Å². The van der Waals surface area contributed by atoms with Crippen molar-refractivity contribution in [3.8, 4) is 10.6 Å². The molecule has 4 rings (SSSR count). The molecule has 0 aliphatic carbocycles. The van der Waals surface area contributed by atoms with E-state index in [0.29, 0.717) is 5.69 Å². The van der Waals surface area contributed by atoms with Gasteiger partial charge >= 0.3 is 6.09 Å². The van der Waals surface area contributed by atoms with Crippen molar-refractivity contribution in [2.45, 2.75) is 0 Å². The number of aromatic nitrogens is 2. The van der Waals surface area contributed by atoms with Gasteiger partial charge in [-0.1, -0.05) is 0 Å². The average Bonchev–Trinajstić information content (AvgIpc) is 3.05. The number of nitrogens with one attached hydrogen (secondary N) is 1. The van der Waals surface area contributed by atoms with Crippen LogP contribution in [-0.4, -0.2) is 59.3 Å². The molecule has 1 aliphatic rings. The van der Waals surface area contributed by atoms with Crippen LogP contribution < -0.4 is 10.2 Å². The Bertz CT molecular complexity index is 932. The van der Waals surface area contributed by atoms with Crippen molar-refractivity contribution in [3.63, 3.8) is 0 Å². The summed E-state index contributed by atoms with van der Waals surface area (Å²) in [6.07, 6.45) is 0.791. The molecule has 0 saturated carbocycles. The molecule has 2 N–H and O–H groups in total. The fourth-order valence-electron chi connectivity index (χ4n) is 2.98. The minimum atomic E-state index is -1.07. The second-order valence-corrected chi connectivity index (χ2v) is 7.36. The topological polar surface area (TPSA) is 81.6 Å². The summed E-state index contributed by atoms with van der Waals surface area (Å²) in [7, 11) is 2.14. The fourth-order valence-corrected chi connectivity index (χ4v) is 3.98. The van der Waals surface area contributed by atoms with E-state index in [-0.39, 0.29) is 0 Å². The Kier molecular flexibility index (Phi) is 4.44. The van der Waals surface area contributed by atoms with Crippen molar-refractivity contribution in [1.29, 1.82) is 0 Å². The smallest absolute Gasteiger partial charge is 0.409 e. The van der Waals surface area contributed by atoms with Crippen LogP contribution in [0.2, 0.25) is 0 Å². The maximum atomic E-state index is 10.8. The third-order valence-electron chi connectivity index (χ3n) is 4.46. The summed E-state index contributed by atoms with van der Waals surface area (Å²) in [6.45, 7) is 4.08. The summed E-state index contributed by atoms with van der Waals surface area (Å²) in [5, 5.41) is 12.1. The molecule has 0 spiro atoms. The highest BCUT2D eigenvalue weighted by Crippen LogP contribution is 2.32. The Morgan fingerprint density at radius 3 is 2.69 bits per heavy atom. The molecule has 1 aliphatic heterocycles. The number of likely N-dealkylation sites (N-methyl/N-ethyl adjacent to an activating group) is 1. The standard InChI is InChI=1S/C18H19N5O2S/c1-22-6-8-23(9-7-22)16-5-2-12(11-19-16)17-21-14-4-3-13(20-18(24)25)10-15(14)26-17/h2-5,10-11,20H,6-9H2,1H3,(H,24,25). The summed E-state index contributed by atoms with van der Waals surface area (Å²) in [5.74, 6) is 0.996. The van der Waals surface area contributed by atoms with Gasteiger partial charge in [-0.3, -0.25) is 5.32 Å². The number of hydrogen-bond acceptors (Lipinski definition) is 6. The molecule has 2 aromatic heterocycles. The van der Waals surface area contributed by atoms with Crippen LogP contribution >= 0.6 is 11.3 Å². The molecule has 8 heteroatoms. The summed E-state index contributed by atoms with van der Waals surface area (Å²) in [4.78, 5) is 24.6. The molecule has 134 valence electrons. The van der Waals surface area contributed by atoms with Gasteiger partial charge in [-0.05, 0) is 37.4 Å². The number of carboxylic acid groups (broad SMARTS) is 1. The Morgan fingerprint density at radius 2 is 2.00 bits per heavy atom. The molecule has 0 atom stereocenters. The number of nitrogens with zero attached hydrogens (tertiary/aromatic N) is 4. The van der Waals surface area contributed by atoms with Gasteiger partial charge in [0.2, 0.25) is 0 Å². The number of hydrogen-bond donors (Lipinski definition) is 2. The number of fused-ring (bicyclic) bond motifs is 1. The number of thiazole rings is 1. The van der Waals surface area contributed by atoms with Crippen LogP contribution in [-0.2, 0) is 0 Å². The lowest BCUT2D eigenvalue weighted by atomic mass is 10.2. The minimum absolute atomic E-state index is 0.545. The van der Waals surface area contributed by atoms with Gasteiger partial charge in [0.15, 0.2) is 0 Å². The molecule has 0 radical (unpaired) electrons. The predicted octanol–water partition coefficient (Wildman–Crippen LogP) is 3.20. The van der Waals surface area contributed by atoms with E-state index in [4.69, 9.17) is 5.11 Å². The highest BCUT2D eigenvalue weighted by Gasteiger charge is 2.15. The Labute approximate surface area is 154 Å². The van der Waals surface area contributed by atoms with Crippen LogP contribution in [0, 0.1) is 0 Å². The number of rotatable bonds is 3. The van der Waals surface area contributed by atoms with E-state index in [1.54, 1.807) is 12.1 Å². The second kappa shape index (κ2) is 6.89. The summed E-state index contributed by atoms with van der Waals surface area (Å²) < 4.78 is 0.939. The Morgan fingerprint density at radius 1 is 1.19 bits per heavy atom. The molecule has 7 nitrogen and oxygen atoms in total. The second-order valence-electron chi connectivity index (χ2n) is 6.33. The summed E-state index contributed by atoms with van der Waals surface area (Å²) in [5.41, 5.74) is 2.37. The van der Waals surface area contributed by atoms with Gasteiger partial charge in [-0.15, -0.1) is 11.3 Å². The lowest BCUT2D eigenvalue weighted by Gasteiger charge is -2.33. The third-order valence-corrected chi connectivity index (χ3v) is 5.53. The first-order valence-electron chi connectivity index (χ1n) is 8.39. The normalized spacial score (nSPS) is 15.3. The lowest BCUT2D eigenvalue weighted by Crippen LogP contribution is -2.44. The van der Waals surface area contributed by atoms with Crippen LogP contribution in [0.5, 0.6) is 0 Å². The molecular formula is C18H19N5O2S. The Balaban J connectivity index is 1.56. The van der Waals surface area contributed by atoms with E-state index in [2.05, 4.69) is 38.2 Å². The molecule has 1 aromatic carbocycles. The van der Waals surface area contributed by atoms with Gasteiger partial charge in [0.05, 0.1) is 10.2 Å². The number of benzene rings is 1. The van der Waals surface area contributed by atoms with Crippen molar-refractivity contribution in [2.24, 2.45) is 0 Å². The molecule has 1 amide bonds. The average molecular weight is 369 g/mol. The van der Waals surface area contributed by atoms with E-state index >= 15 is 0 Å². The SMILES string of the molecule is CN1CCN(c2ccc(-c3nc4ccc(NC(=O)O)cc4s3)cn2)CC1. The monoisotopic (exact) mass is 369 g/mol. The van der Waals surface area contributed by atoms with E-state index in [0.717, 1.165) is 52.8 Å². The highest BCUT2D eigenvalue weighted by molar-refractivity contribution is 7.21. The van der Waals surface area contributed by atoms with E-state index < -0.39 is 6.09 Å². The van der Waals surface area contributed by atoms with Gasteiger partial charge < -0.3 is 14.9 Å². The third kappa shape index (κ3) is 3.47. The zero-order valence-electron chi connectivity index (χ0n) is 14.3. The molecule has 0 unspecified atom stereocenters. The van der Waals surface area contributed by atoms with Crippen LogP contribution in [0.1, 0.15) is 0 Å². The van der Waals surface area contributed by atoms with Gasteiger partial charge in [0.25, 0.3) is 0 Å². The Hall–Kier alpha value is -2.71. The van der Waals surface area contributed by atoms with Gasteiger partial charge in [-0.2, -0.15) is 0 Å². The number of piperazine rings is 1. The molecule has 1 saturated heterocycles. The molecule has 26 heavy (non-hydrogen) atoms. The quantitative estimate of drug-likeness (QED) is 0.738. The first-order chi connectivity index (χ1) is 12.6. The van der Waals surface area contributed by atoms with Crippen LogP contribution in [0.3, 0.4) is 0 Å². The van der Waals surface area contributed by atoms with Crippen molar-refractivity contribution in [1.82, 2.24) is 14.9 Å². The molecule has 1 fully saturated rings. The van der Waals surface area contributed by atoms with E-state index in [9.17, 15) is 4.79 Å². The molecule has 0 bridgehead atoms. The summed E-state index contributed by atoms with van der Waals surface area (Å²) in [6, 6.07) is 9.44. The van der Waals surface area contributed by atoms with Crippen LogP contribution in [0.25, 0.3) is 20.8 Å². The first kappa shape index (κ1) is 16.7. The highest BCUT2D eigenvalue weighted by atomic mass is 32.1. The number of pyridine rings is 1. The molecule has 3 aromatic rings. The zero-order chi connectivity index (χ0) is 18.1. The van der Waals surface area contributed by atoms with E-state index in [1.165, 1.54) is 11.3 Å². The van der Waals surface area contributed by atoms with Crippen LogP contribution in [0.15, 0.2) is 36.5 Å². The lowest BCUT2D eigenvalue weighted by molar-refractivity contribution is 0.210. The van der Waals surface area contributed by atoms with Crippen molar-refractivity contribution in [2.75, 3.05) is 43.4 Å². The van der Waals surface area contributed by atoms with Gasteiger partial charge in [0, 0.05) is 43.6 Å². The maximum Gasteiger partial charge on any atom is 0.409 e. The molecular weight excluding hydrogens is 350 g/mol. The number of carbonyl (C=O) groups is 1. The number of amides is 1. The fraction of sp³-hybridized carbons (Fsp3) is 0.278. The summed E-state index contributed by atoms with van der Waals surface area (Å²) >= 11 is 1.53. The molecule has 3 heterocycles. The predicted molar refractivity (Wildman–Crippen MR) is 104 cm³/mol. The zero-order valence-corrected chi connectivity index (χ0v) is 15.2. The first-order valence-corrected chi connectivity index (χ1v) is 9.20.